The quantitative estimate of drug-likeness (QED) is 0.796. The van der Waals surface area contributed by atoms with Crippen LogP contribution >= 0.6 is 12.4 Å². The molecule has 0 saturated carbocycles. The molecule has 0 aromatic heterocycles. The molecule has 1 aromatic rings. The monoisotopic (exact) mass is 352 g/mol. The van der Waals surface area contributed by atoms with Crippen molar-refractivity contribution in [3.63, 3.8) is 0 Å². The number of aryl methyl sites for hydroxylation is 1. The number of hydrogen-bond acceptors (Lipinski definition) is 3. The van der Waals surface area contributed by atoms with Crippen LogP contribution in [0.5, 0.6) is 0 Å². The Kier molecular flexibility index (Phi) is 8.33. The zero-order valence-electron chi connectivity index (χ0n) is 13.2. The minimum Gasteiger partial charge on any atom is -0.371 e. The van der Waals surface area contributed by atoms with E-state index in [0.29, 0.717) is 6.54 Å². The number of hydrogen-bond donors (Lipinski definition) is 1. The third kappa shape index (κ3) is 6.67. The predicted octanol–water partition coefficient (Wildman–Crippen LogP) is 3.20. The summed E-state index contributed by atoms with van der Waals surface area (Å²) in [7, 11) is 0. The molecule has 1 saturated heterocycles. The van der Waals surface area contributed by atoms with Gasteiger partial charge < -0.3 is 10.1 Å². The summed E-state index contributed by atoms with van der Waals surface area (Å²) < 4.78 is 41.0. The molecule has 1 aromatic carbocycles. The fourth-order valence-electron chi connectivity index (χ4n) is 2.69. The molecule has 0 aliphatic carbocycles. The van der Waals surface area contributed by atoms with Gasteiger partial charge in [0.05, 0.1) is 6.61 Å². The van der Waals surface area contributed by atoms with E-state index in [2.05, 4.69) is 41.4 Å². The summed E-state index contributed by atoms with van der Waals surface area (Å²) in [6, 6.07) is 8.64. The summed E-state index contributed by atoms with van der Waals surface area (Å²) in [4.78, 5) is 2.19. The molecule has 1 unspecified atom stereocenters. The first-order valence-electron chi connectivity index (χ1n) is 7.67. The molecule has 1 N–H and O–H groups in total. The highest BCUT2D eigenvalue weighted by atomic mass is 35.5. The van der Waals surface area contributed by atoms with Gasteiger partial charge in [0.2, 0.25) is 0 Å². The standard InChI is InChI=1S/C16H23F3N2O.ClH/c1-2-13-3-5-14(6-4-13)15-11-20-7-8-21(15)9-10-22-12-16(17,18)19;/h3-6,15,20H,2,7-12H2,1H3;1H. The van der Waals surface area contributed by atoms with Crippen LogP contribution in [0.2, 0.25) is 0 Å². The van der Waals surface area contributed by atoms with Gasteiger partial charge in [-0.25, -0.2) is 0 Å². The first-order valence-corrected chi connectivity index (χ1v) is 7.67. The lowest BCUT2D eigenvalue weighted by atomic mass is 10.0. The first kappa shape index (κ1) is 20.2. The number of rotatable bonds is 6. The fraction of sp³-hybridized carbons (Fsp3) is 0.625. The smallest absolute Gasteiger partial charge is 0.371 e. The minimum absolute atomic E-state index is 0. The van der Waals surface area contributed by atoms with Gasteiger partial charge in [0.15, 0.2) is 0 Å². The van der Waals surface area contributed by atoms with Gasteiger partial charge in [-0.15, -0.1) is 12.4 Å². The number of halogens is 4. The summed E-state index contributed by atoms with van der Waals surface area (Å²) >= 11 is 0. The van der Waals surface area contributed by atoms with Gasteiger partial charge in [0.1, 0.15) is 6.61 Å². The van der Waals surface area contributed by atoms with Crippen LogP contribution in [0.1, 0.15) is 24.1 Å². The molecule has 0 spiro atoms. The van der Waals surface area contributed by atoms with E-state index < -0.39 is 12.8 Å². The van der Waals surface area contributed by atoms with E-state index in [1.807, 2.05) is 0 Å². The first-order chi connectivity index (χ1) is 10.5. The molecule has 23 heavy (non-hydrogen) atoms. The molecule has 0 radical (unpaired) electrons. The average molecular weight is 353 g/mol. The van der Waals surface area contributed by atoms with E-state index >= 15 is 0 Å². The topological polar surface area (TPSA) is 24.5 Å². The molecule has 7 heteroatoms. The van der Waals surface area contributed by atoms with Crippen molar-refractivity contribution in [1.82, 2.24) is 10.2 Å². The van der Waals surface area contributed by atoms with Crippen molar-refractivity contribution < 1.29 is 17.9 Å². The van der Waals surface area contributed by atoms with Crippen LogP contribution < -0.4 is 5.32 Å². The molecule has 3 nitrogen and oxygen atoms in total. The van der Waals surface area contributed by atoms with Gasteiger partial charge >= 0.3 is 6.18 Å². The zero-order chi connectivity index (χ0) is 16.0. The number of ether oxygens (including phenoxy) is 1. The molecular formula is C16H24ClF3N2O. The summed E-state index contributed by atoms with van der Waals surface area (Å²) in [6.07, 6.45) is -3.25. The largest absolute Gasteiger partial charge is 0.411 e. The summed E-state index contributed by atoms with van der Waals surface area (Å²) in [5, 5.41) is 3.34. The van der Waals surface area contributed by atoms with Gasteiger partial charge in [0.25, 0.3) is 0 Å². The van der Waals surface area contributed by atoms with Gasteiger partial charge in [-0.05, 0) is 17.5 Å². The maximum Gasteiger partial charge on any atom is 0.411 e. The lowest BCUT2D eigenvalue weighted by Gasteiger charge is -2.36. The lowest BCUT2D eigenvalue weighted by molar-refractivity contribution is -0.175. The van der Waals surface area contributed by atoms with Crippen molar-refractivity contribution in [3.05, 3.63) is 35.4 Å². The van der Waals surface area contributed by atoms with Crippen molar-refractivity contribution in [2.45, 2.75) is 25.6 Å². The van der Waals surface area contributed by atoms with Crippen molar-refractivity contribution in [2.24, 2.45) is 0 Å². The predicted molar refractivity (Wildman–Crippen MR) is 87.1 cm³/mol. The molecule has 2 rings (SSSR count). The van der Waals surface area contributed by atoms with Gasteiger partial charge in [-0.2, -0.15) is 13.2 Å². The Morgan fingerprint density at radius 3 is 2.57 bits per heavy atom. The maximum atomic E-state index is 12.1. The van der Waals surface area contributed by atoms with Crippen LogP contribution in [0.4, 0.5) is 13.2 Å². The van der Waals surface area contributed by atoms with E-state index in [9.17, 15) is 13.2 Å². The SMILES string of the molecule is CCc1ccc(C2CNCCN2CCOCC(F)(F)F)cc1.Cl. The van der Waals surface area contributed by atoms with Crippen molar-refractivity contribution in [1.29, 1.82) is 0 Å². The summed E-state index contributed by atoms with van der Waals surface area (Å²) in [5.74, 6) is 0. The highest BCUT2D eigenvalue weighted by Gasteiger charge is 2.28. The summed E-state index contributed by atoms with van der Waals surface area (Å²) in [6.45, 7) is 4.03. The van der Waals surface area contributed by atoms with Crippen LogP contribution in [0.3, 0.4) is 0 Å². The Morgan fingerprint density at radius 1 is 1.26 bits per heavy atom. The van der Waals surface area contributed by atoms with Gasteiger partial charge in [0, 0.05) is 32.2 Å². The molecule has 132 valence electrons. The van der Waals surface area contributed by atoms with E-state index in [4.69, 9.17) is 4.74 Å². The molecule has 0 amide bonds. The van der Waals surface area contributed by atoms with Crippen LogP contribution in [0, 0.1) is 0 Å². The molecule has 1 atom stereocenters. The van der Waals surface area contributed by atoms with Crippen molar-refractivity contribution >= 4 is 12.4 Å². The number of piperazine rings is 1. The second-order valence-corrected chi connectivity index (χ2v) is 5.52. The van der Waals surface area contributed by atoms with Gasteiger partial charge in [-0.1, -0.05) is 31.2 Å². The van der Waals surface area contributed by atoms with Crippen molar-refractivity contribution in [2.75, 3.05) is 39.4 Å². The number of alkyl halides is 3. The number of nitrogens with one attached hydrogen (secondary N) is 1. The Bertz CT molecular complexity index is 454. The number of nitrogens with zero attached hydrogens (tertiary/aromatic N) is 1. The fourth-order valence-corrected chi connectivity index (χ4v) is 2.69. The minimum atomic E-state index is -4.25. The van der Waals surface area contributed by atoms with Gasteiger partial charge in [-0.3, -0.25) is 4.90 Å². The van der Waals surface area contributed by atoms with Crippen LogP contribution in [-0.2, 0) is 11.2 Å². The number of benzene rings is 1. The highest BCUT2D eigenvalue weighted by molar-refractivity contribution is 5.85. The molecule has 1 heterocycles. The second-order valence-electron chi connectivity index (χ2n) is 5.52. The van der Waals surface area contributed by atoms with E-state index in [1.165, 1.54) is 11.1 Å². The molecule has 1 aliphatic heterocycles. The Hall–Kier alpha value is -0.820. The van der Waals surface area contributed by atoms with Crippen LogP contribution in [0.15, 0.2) is 24.3 Å². The third-order valence-electron chi connectivity index (χ3n) is 3.92. The normalized spacial score (nSPS) is 19.4. The zero-order valence-corrected chi connectivity index (χ0v) is 14.1. The second kappa shape index (κ2) is 9.47. The average Bonchev–Trinajstić information content (AvgIpc) is 2.51. The Morgan fingerprint density at radius 2 is 1.96 bits per heavy atom. The molecule has 0 bridgehead atoms. The molecule has 1 fully saturated rings. The maximum absolute atomic E-state index is 12.1. The van der Waals surface area contributed by atoms with Crippen molar-refractivity contribution in [3.8, 4) is 0 Å². The Labute approximate surface area is 141 Å². The Balaban J connectivity index is 0.00000264. The molecular weight excluding hydrogens is 329 g/mol. The van der Waals surface area contributed by atoms with E-state index in [0.717, 1.165) is 26.1 Å². The van der Waals surface area contributed by atoms with E-state index in [-0.39, 0.29) is 25.1 Å². The lowest BCUT2D eigenvalue weighted by Crippen LogP contribution is -2.47. The molecule has 1 aliphatic rings. The third-order valence-corrected chi connectivity index (χ3v) is 3.92. The summed E-state index contributed by atoms with van der Waals surface area (Å²) in [5.41, 5.74) is 2.48. The van der Waals surface area contributed by atoms with Crippen LogP contribution in [0.25, 0.3) is 0 Å². The highest BCUT2D eigenvalue weighted by Crippen LogP contribution is 2.22. The van der Waals surface area contributed by atoms with Crippen LogP contribution in [-0.4, -0.2) is 50.5 Å². The van der Waals surface area contributed by atoms with E-state index in [1.54, 1.807) is 0 Å².